The van der Waals surface area contributed by atoms with Crippen LogP contribution in [0.1, 0.15) is 25.0 Å². The smallest absolute Gasteiger partial charge is 0.325 e. The Labute approximate surface area is 162 Å². The molecule has 0 saturated carbocycles. The molecule has 2 aromatic rings. The van der Waals surface area contributed by atoms with Gasteiger partial charge in [-0.2, -0.15) is 0 Å². The Hall–Kier alpha value is -2.15. The van der Waals surface area contributed by atoms with Crippen LogP contribution in [0.5, 0.6) is 0 Å². The lowest BCUT2D eigenvalue weighted by Crippen LogP contribution is -2.42. The normalized spacial score (nSPS) is 12.9. The van der Waals surface area contributed by atoms with Crippen LogP contribution in [0.15, 0.2) is 71.2 Å². The first-order chi connectivity index (χ1) is 12.5. The lowest BCUT2D eigenvalue weighted by Gasteiger charge is -2.22. The molecule has 0 spiro atoms. The third kappa shape index (κ3) is 5.98. The summed E-state index contributed by atoms with van der Waals surface area (Å²) in [5, 5.41) is 10.5. The van der Waals surface area contributed by atoms with Crippen molar-refractivity contribution in [1.29, 1.82) is 0 Å². The van der Waals surface area contributed by atoms with E-state index >= 15 is 0 Å². The molecule has 0 aliphatic rings. The number of carbonyl (C=O) groups excluding carboxylic acids is 1. The van der Waals surface area contributed by atoms with E-state index in [-0.39, 0.29) is 13.0 Å². The molecule has 26 heavy (non-hydrogen) atoms. The SMILES string of the molecule is C=C(CC(NNc1ccccc1)C(=O)OCC)C(O)c1ccc(Br)cc1. The van der Waals surface area contributed by atoms with E-state index in [1.54, 1.807) is 6.92 Å². The monoisotopic (exact) mass is 418 g/mol. The number of anilines is 1. The van der Waals surface area contributed by atoms with Gasteiger partial charge in [0.1, 0.15) is 6.04 Å². The maximum absolute atomic E-state index is 12.3. The van der Waals surface area contributed by atoms with Gasteiger partial charge in [0.15, 0.2) is 0 Å². The summed E-state index contributed by atoms with van der Waals surface area (Å²) in [5.74, 6) is -0.403. The second kappa shape index (κ2) is 10.1. The van der Waals surface area contributed by atoms with E-state index in [4.69, 9.17) is 4.74 Å². The summed E-state index contributed by atoms with van der Waals surface area (Å²) in [5.41, 5.74) is 8.02. The van der Waals surface area contributed by atoms with E-state index in [0.29, 0.717) is 5.57 Å². The molecule has 0 saturated heterocycles. The van der Waals surface area contributed by atoms with E-state index in [9.17, 15) is 9.90 Å². The molecule has 6 heteroatoms. The van der Waals surface area contributed by atoms with Crippen molar-refractivity contribution in [3.63, 3.8) is 0 Å². The third-order valence-corrected chi connectivity index (χ3v) is 4.30. The number of halogens is 1. The summed E-state index contributed by atoms with van der Waals surface area (Å²) in [6, 6.07) is 16.1. The van der Waals surface area contributed by atoms with Gasteiger partial charge in [-0.15, -0.1) is 0 Å². The van der Waals surface area contributed by atoms with Crippen LogP contribution < -0.4 is 10.9 Å². The van der Waals surface area contributed by atoms with Crippen LogP contribution in [0.2, 0.25) is 0 Å². The van der Waals surface area contributed by atoms with Crippen molar-refractivity contribution in [3.05, 3.63) is 76.8 Å². The maximum Gasteiger partial charge on any atom is 0.325 e. The highest BCUT2D eigenvalue weighted by Gasteiger charge is 2.23. The molecule has 0 radical (unpaired) electrons. The second-order valence-electron chi connectivity index (χ2n) is 5.76. The molecule has 0 amide bonds. The largest absolute Gasteiger partial charge is 0.465 e. The number of hydrogen-bond donors (Lipinski definition) is 3. The van der Waals surface area contributed by atoms with E-state index in [0.717, 1.165) is 15.7 Å². The topological polar surface area (TPSA) is 70.6 Å². The predicted octanol–water partition coefficient (Wildman–Crippen LogP) is 3.98. The molecule has 5 nitrogen and oxygen atoms in total. The quantitative estimate of drug-likeness (QED) is 0.326. The highest BCUT2D eigenvalue weighted by Crippen LogP contribution is 2.25. The number of aliphatic hydroxyl groups excluding tert-OH is 1. The molecule has 0 aliphatic heterocycles. The highest BCUT2D eigenvalue weighted by molar-refractivity contribution is 9.10. The fourth-order valence-corrected chi connectivity index (χ4v) is 2.65. The Morgan fingerprint density at radius 1 is 1.19 bits per heavy atom. The van der Waals surface area contributed by atoms with Crippen molar-refractivity contribution >= 4 is 27.6 Å². The van der Waals surface area contributed by atoms with Gasteiger partial charge in [0.05, 0.1) is 12.7 Å². The zero-order valence-electron chi connectivity index (χ0n) is 14.6. The first-order valence-corrected chi connectivity index (χ1v) is 9.15. The van der Waals surface area contributed by atoms with Gasteiger partial charge in [-0.3, -0.25) is 4.79 Å². The maximum atomic E-state index is 12.3. The van der Waals surface area contributed by atoms with E-state index in [2.05, 4.69) is 33.4 Å². The summed E-state index contributed by atoms with van der Waals surface area (Å²) in [6.45, 7) is 5.99. The van der Waals surface area contributed by atoms with Crippen LogP contribution in [0.3, 0.4) is 0 Å². The number of para-hydroxylation sites is 1. The Morgan fingerprint density at radius 2 is 1.85 bits per heavy atom. The van der Waals surface area contributed by atoms with Gasteiger partial charge in [0.2, 0.25) is 0 Å². The highest BCUT2D eigenvalue weighted by atomic mass is 79.9. The van der Waals surface area contributed by atoms with Gasteiger partial charge in [-0.1, -0.05) is 52.8 Å². The molecule has 2 rings (SSSR count). The minimum absolute atomic E-state index is 0.232. The van der Waals surface area contributed by atoms with Gasteiger partial charge >= 0.3 is 5.97 Å². The van der Waals surface area contributed by atoms with Gasteiger partial charge in [0.25, 0.3) is 0 Å². The molecule has 2 aromatic carbocycles. The number of ether oxygens (including phenoxy) is 1. The number of hydrazine groups is 1. The van der Waals surface area contributed by atoms with Gasteiger partial charge in [-0.25, -0.2) is 5.43 Å². The second-order valence-corrected chi connectivity index (χ2v) is 6.67. The first kappa shape index (κ1) is 20.2. The molecule has 0 aliphatic carbocycles. The number of hydrogen-bond acceptors (Lipinski definition) is 5. The summed E-state index contributed by atoms with van der Waals surface area (Å²) < 4.78 is 6.05. The van der Waals surface area contributed by atoms with E-state index < -0.39 is 18.1 Å². The Kier molecular flexibility index (Phi) is 7.84. The minimum atomic E-state index is -0.862. The van der Waals surface area contributed by atoms with Crippen LogP contribution >= 0.6 is 15.9 Å². The molecule has 2 atom stereocenters. The molecule has 138 valence electrons. The van der Waals surface area contributed by atoms with Crippen LogP contribution in [-0.4, -0.2) is 23.7 Å². The Balaban J connectivity index is 2.03. The number of esters is 1. The summed E-state index contributed by atoms with van der Waals surface area (Å²) in [6.07, 6.45) is -0.630. The number of benzene rings is 2. The van der Waals surface area contributed by atoms with Crippen molar-refractivity contribution in [2.24, 2.45) is 0 Å². The number of rotatable bonds is 9. The fourth-order valence-electron chi connectivity index (χ4n) is 2.38. The zero-order chi connectivity index (χ0) is 18.9. The lowest BCUT2D eigenvalue weighted by molar-refractivity contribution is -0.145. The third-order valence-electron chi connectivity index (χ3n) is 3.77. The lowest BCUT2D eigenvalue weighted by atomic mass is 9.97. The standard InChI is InChI=1S/C20H23BrN2O3/c1-3-26-20(25)18(23-22-17-7-5-4-6-8-17)13-14(2)19(24)15-9-11-16(21)12-10-15/h4-12,18-19,22-24H,2-3,13H2,1H3. The Bertz CT molecular complexity index is 720. The Morgan fingerprint density at radius 3 is 2.46 bits per heavy atom. The summed E-state index contributed by atoms with van der Waals surface area (Å²) in [4.78, 5) is 12.3. The van der Waals surface area contributed by atoms with Gasteiger partial charge in [-0.05, 0) is 48.7 Å². The van der Waals surface area contributed by atoms with Gasteiger partial charge < -0.3 is 15.3 Å². The molecular weight excluding hydrogens is 396 g/mol. The number of nitrogens with one attached hydrogen (secondary N) is 2. The molecule has 0 aromatic heterocycles. The molecule has 2 unspecified atom stereocenters. The van der Waals surface area contributed by atoms with Crippen molar-refractivity contribution < 1.29 is 14.6 Å². The molecule has 3 N–H and O–H groups in total. The zero-order valence-corrected chi connectivity index (χ0v) is 16.2. The average Bonchev–Trinajstić information content (AvgIpc) is 2.66. The summed E-state index contributed by atoms with van der Waals surface area (Å²) >= 11 is 3.37. The number of carbonyl (C=O) groups is 1. The fraction of sp³-hybridized carbons (Fsp3) is 0.250. The van der Waals surface area contributed by atoms with Crippen molar-refractivity contribution in [2.75, 3.05) is 12.0 Å². The van der Waals surface area contributed by atoms with Crippen molar-refractivity contribution in [3.8, 4) is 0 Å². The predicted molar refractivity (Wildman–Crippen MR) is 106 cm³/mol. The molecule has 0 heterocycles. The van der Waals surface area contributed by atoms with E-state index in [1.165, 1.54) is 0 Å². The summed E-state index contributed by atoms with van der Waals surface area (Å²) in [7, 11) is 0. The van der Waals surface area contributed by atoms with E-state index in [1.807, 2.05) is 54.6 Å². The number of aliphatic hydroxyl groups is 1. The molecular formula is C20H23BrN2O3. The molecule has 0 fully saturated rings. The molecule has 0 bridgehead atoms. The van der Waals surface area contributed by atoms with Gasteiger partial charge in [0, 0.05) is 10.2 Å². The minimum Gasteiger partial charge on any atom is -0.465 e. The van der Waals surface area contributed by atoms with Crippen LogP contribution in [-0.2, 0) is 9.53 Å². The van der Waals surface area contributed by atoms with Crippen molar-refractivity contribution in [1.82, 2.24) is 5.43 Å². The van der Waals surface area contributed by atoms with Crippen molar-refractivity contribution in [2.45, 2.75) is 25.5 Å². The van der Waals surface area contributed by atoms with Crippen LogP contribution in [0.25, 0.3) is 0 Å². The first-order valence-electron chi connectivity index (χ1n) is 8.35. The average molecular weight is 419 g/mol. The van der Waals surface area contributed by atoms with Crippen LogP contribution in [0.4, 0.5) is 5.69 Å². The van der Waals surface area contributed by atoms with Crippen LogP contribution in [0, 0.1) is 0 Å².